The molecule has 0 aliphatic carbocycles. The van der Waals surface area contributed by atoms with E-state index in [-0.39, 0.29) is 5.82 Å². The Morgan fingerprint density at radius 1 is 0.880 bits per heavy atom. The van der Waals surface area contributed by atoms with E-state index in [1.54, 1.807) is 42.5 Å². The predicted molar refractivity (Wildman–Crippen MR) is 101 cm³/mol. The van der Waals surface area contributed by atoms with Gasteiger partial charge in [-0.15, -0.1) is 11.3 Å². The molecule has 130 valence electrons. The first-order valence-corrected chi connectivity index (χ1v) is 10.0. The van der Waals surface area contributed by atoms with E-state index in [2.05, 4.69) is 10.0 Å². The van der Waals surface area contributed by atoms with Crippen LogP contribution in [-0.2, 0) is 16.4 Å². The van der Waals surface area contributed by atoms with Gasteiger partial charge in [0.2, 0.25) is 0 Å². The molecule has 0 atom stereocenters. The molecule has 0 aliphatic heterocycles. The summed E-state index contributed by atoms with van der Waals surface area (Å²) in [6.07, 6.45) is 0.809. The van der Waals surface area contributed by atoms with Crippen LogP contribution >= 0.6 is 11.3 Å². The molecule has 0 aliphatic rings. The molecule has 7 heteroatoms. The van der Waals surface area contributed by atoms with E-state index in [1.807, 2.05) is 13.0 Å². The third-order valence-electron chi connectivity index (χ3n) is 3.52. The van der Waals surface area contributed by atoms with Gasteiger partial charge in [-0.25, -0.2) is 12.8 Å². The second-order valence-corrected chi connectivity index (χ2v) is 8.47. The number of sulfonamides is 1. The summed E-state index contributed by atoms with van der Waals surface area (Å²) in [5.74, 6) is -0.296. The molecule has 25 heavy (non-hydrogen) atoms. The number of hydrogen-bond acceptors (Lipinski definition) is 4. The van der Waals surface area contributed by atoms with Gasteiger partial charge in [-0.05, 0) is 67.1 Å². The van der Waals surface area contributed by atoms with Gasteiger partial charge < -0.3 is 5.32 Å². The molecule has 4 nitrogen and oxygen atoms in total. The summed E-state index contributed by atoms with van der Waals surface area (Å²) in [6, 6.07) is 16.3. The lowest BCUT2D eigenvalue weighted by molar-refractivity contribution is 0.603. The number of hydrogen-bond donors (Lipinski definition) is 2. The van der Waals surface area contributed by atoms with E-state index in [1.165, 1.54) is 23.5 Å². The SMILES string of the molecule is CCc1ccc(S(=O)(=O)Nc2ccc(Nc3ccc(F)cc3)cc2)s1. The van der Waals surface area contributed by atoms with Crippen molar-refractivity contribution in [3.63, 3.8) is 0 Å². The van der Waals surface area contributed by atoms with Crippen LogP contribution in [0.15, 0.2) is 64.9 Å². The average Bonchev–Trinajstić information content (AvgIpc) is 3.09. The fraction of sp³-hybridized carbons (Fsp3) is 0.111. The summed E-state index contributed by atoms with van der Waals surface area (Å²) < 4.78 is 40.6. The van der Waals surface area contributed by atoms with Crippen molar-refractivity contribution in [2.24, 2.45) is 0 Å². The predicted octanol–water partition coefficient (Wildman–Crippen LogP) is 4.99. The normalized spacial score (nSPS) is 11.3. The summed E-state index contributed by atoms with van der Waals surface area (Å²) in [6.45, 7) is 1.99. The molecule has 0 radical (unpaired) electrons. The molecule has 0 fully saturated rings. The number of anilines is 3. The first-order valence-electron chi connectivity index (χ1n) is 7.70. The lowest BCUT2D eigenvalue weighted by atomic mass is 10.2. The highest BCUT2D eigenvalue weighted by molar-refractivity contribution is 7.94. The second kappa shape index (κ2) is 7.25. The summed E-state index contributed by atoms with van der Waals surface area (Å²) in [7, 11) is -3.57. The van der Waals surface area contributed by atoms with Gasteiger partial charge in [-0.3, -0.25) is 4.72 Å². The molecule has 1 heterocycles. The standard InChI is InChI=1S/C18H17FN2O2S2/c1-2-17-11-12-18(24-17)25(22,23)21-16-9-7-15(8-10-16)20-14-5-3-13(19)4-6-14/h3-12,20-21H,2H2,1H3. The van der Waals surface area contributed by atoms with E-state index in [0.29, 0.717) is 9.90 Å². The summed E-state index contributed by atoms with van der Waals surface area (Å²) >= 11 is 1.27. The lowest BCUT2D eigenvalue weighted by Crippen LogP contribution is -2.11. The van der Waals surface area contributed by atoms with Crippen molar-refractivity contribution in [1.29, 1.82) is 0 Å². The number of aryl methyl sites for hydroxylation is 1. The minimum Gasteiger partial charge on any atom is -0.356 e. The Bertz CT molecular complexity index is 950. The largest absolute Gasteiger partial charge is 0.356 e. The van der Waals surface area contributed by atoms with Crippen molar-refractivity contribution in [3.05, 3.63) is 71.4 Å². The number of benzene rings is 2. The molecule has 3 aromatic rings. The molecule has 1 aromatic heterocycles. The second-order valence-electron chi connectivity index (χ2n) is 5.39. The quantitative estimate of drug-likeness (QED) is 0.637. The molecule has 2 N–H and O–H groups in total. The molecule has 0 unspecified atom stereocenters. The smallest absolute Gasteiger partial charge is 0.271 e. The van der Waals surface area contributed by atoms with Crippen molar-refractivity contribution in [1.82, 2.24) is 0 Å². The molecule has 2 aromatic carbocycles. The van der Waals surface area contributed by atoms with Gasteiger partial charge in [-0.1, -0.05) is 6.92 Å². The van der Waals surface area contributed by atoms with Gasteiger partial charge in [0.25, 0.3) is 10.0 Å². The Kier molecular flexibility index (Phi) is 5.06. The van der Waals surface area contributed by atoms with Gasteiger partial charge in [-0.2, -0.15) is 0 Å². The summed E-state index contributed by atoms with van der Waals surface area (Å²) in [4.78, 5) is 1.03. The highest BCUT2D eigenvalue weighted by Crippen LogP contribution is 2.25. The van der Waals surface area contributed by atoms with E-state index in [9.17, 15) is 12.8 Å². The van der Waals surface area contributed by atoms with Crippen molar-refractivity contribution in [2.45, 2.75) is 17.6 Å². The maximum atomic E-state index is 12.9. The van der Waals surface area contributed by atoms with E-state index in [0.717, 1.165) is 22.7 Å². The van der Waals surface area contributed by atoms with Gasteiger partial charge in [0.1, 0.15) is 10.0 Å². The monoisotopic (exact) mass is 376 g/mol. The van der Waals surface area contributed by atoms with Crippen LogP contribution in [-0.4, -0.2) is 8.42 Å². The third-order valence-corrected chi connectivity index (χ3v) is 6.62. The van der Waals surface area contributed by atoms with Crippen LogP contribution in [0.4, 0.5) is 21.5 Å². The lowest BCUT2D eigenvalue weighted by Gasteiger charge is -2.09. The van der Waals surface area contributed by atoms with Gasteiger partial charge in [0, 0.05) is 21.9 Å². The fourth-order valence-corrected chi connectivity index (χ4v) is 4.57. The van der Waals surface area contributed by atoms with Crippen LogP contribution in [0, 0.1) is 5.82 Å². The van der Waals surface area contributed by atoms with Crippen molar-refractivity contribution < 1.29 is 12.8 Å². The topological polar surface area (TPSA) is 58.2 Å². The van der Waals surface area contributed by atoms with Crippen LogP contribution in [0.2, 0.25) is 0 Å². The van der Waals surface area contributed by atoms with Crippen LogP contribution in [0.5, 0.6) is 0 Å². The van der Waals surface area contributed by atoms with Gasteiger partial charge >= 0.3 is 0 Å². The van der Waals surface area contributed by atoms with Crippen LogP contribution in [0.25, 0.3) is 0 Å². The molecule has 3 rings (SSSR count). The average molecular weight is 376 g/mol. The van der Waals surface area contributed by atoms with Gasteiger partial charge in [0.15, 0.2) is 0 Å². The number of nitrogens with one attached hydrogen (secondary N) is 2. The molecular formula is C18H17FN2O2S2. The minimum absolute atomic E-state index is 0.296. The van der Waals surface area contributed by atoms with E-state index in [4.69, 9.17) is 0 Å². The molecule has 0 spiro atoms. The molecule has 0 saturated heterocycles. The Balaban J connectivity index is 1.70. The first-order chi connectivity index (χ1) is 12.0. The number of thiophene rings is 1. The number of rotatable bonds is 6. The van der Waals surface area contributed by atoms with Crippen LogP contribution < -0.4 is 10.0 Å². The maximum Gasteiger partial charge on any atom is 0.271 e. The highest BCUT2D eigenvalue weighted by atomic mass is 32.2. The van der Waals surface area contributed by atoms with Crippen molar-refractivity contribution in [2.75, 3.05) is 10.0 Å². The third kappa shape index (κ3) is 4.37. The first kappa shape index (κ1) is 17.4. The summed E-state index contributed by atoms with van der Waals surface area (Å²) in [5.41, 5.74) is 2.01. The van der Waals surface area contributed by atoms with Crippen LogP contribution in [0.1, 0.15) is 11.8 Å². The Hall–Kier alpha value is -2.38. The van der Waals surface area contributed by atoms with E-state index >= 15 is 0 Å². The zero-order valence-corrected chi connectivity index (χ0v) is 15.1. The Labute approximate surface area is 150 Å². The maximum absolute atomic E-state index is 12.9. The van der Waals surface area contributed by atoms with Crippen LogP contribution in [0.3, 0.4) is 0 Å². The number of halogens is 1. The molecular weight excluding hydrogens is 359 g/mol. The zero-order chi connectivity index (χ0) is 17.9. The van der Waals surface area contributed by atoms with E-state index < -0.39 is 10.0 Å². The molecule has 0 bridgehead atoms. The highest BCUT2D eigenvalue weighted by Gasteiger charge is 2.16. The van der Waals surface area contributed by atoms with Gasteiger partial charge in [0.05, 0.1) is 0 Å². The summed E-state index contributed by atoms with van der Waals surface area (Å²) in [5, 5.41) is 3.12. The zero-order valence-electron chi connectivity index (χ0n) is 13.5. The van der Waals surface area contributed by atoms with Crippen molar-refractivity contribution >= 4 is 38.4 Å². The minimum atomic E-state index is -3.57. The Morgan fingerprint density at radius 2 is 1.44 bits per heavy atom. The Morgan fingerprint density at radius 3 is 2.00 bits per heavy atom. The molecule has 0 saturated carbocycles. The van der Waals surface area contributed by atoms with Crippen molar-refractivity contribution in [3.8, 4) is 0 Å². The molecule has 0 amide bonds. The fourth-order valence-electron chi connectivity index (χ4n) is 2.22.